The topological polar surface area (TPSA) is 78.4 Å². The van der Waals surface area contributed by atoms with Gasteiger partial charge in [-0.25, -0.2) is 0 Å². The van der Waals surface area contributed by atoms with Crippen molar-refractivity contribution in [2.24, 2.45) is 5.92 Å². The molecule has 166 valence electrons. The smallest absolute Gasteiger partial charge is 0.252 e. The summed E-state index contributed by atoms with van der Waals surface area (Å²) >= 11 is 1.41. The zero-order chi connectivity index (χ0) is 21.9. The van der Waals surface area contributed by atoms with Crippen molar-refractivity contribution in [1.29, 1.82) is 0 Å². The third-order valence-corrected chi connectivity index (χ3v) is 6.74. The molecule has 1 saturated carbocycles. The third-order valence-electron chi connectivity index (χ3n) is 5.67. The zero-order valence-corrected chi connectivity index (χ0v) is 18.8. The third kappa shape index (κ3) is 7.94. The molecule has 2 aromatic carbocycles. The maximum absolute atomic E-state index is 12.6. The molecule has 0 heterocycles. The van der Waals surface area contributed by atoms with E-state index in [0.29, 0.717) is 23.8 Å². The normalized spacial score (nSPS) is 14.2. The van der Waals surface area contributed by atoms with Gasteiger partial charge in [-0.15, -0.1) is 11.8 Å². The minimum Gasteiger partial charge on any atom is -0.508 e. The van der Waals surface area contributed by atoms with E-state index in [9.17, 15) is 14.7 Å². The van der Waals surface area contributed by atoms with Crippen LogP contribution in [0.2, 0.25) is 0 Å². The van der Waals surface area contributed by atoms with E-state index >= 15 is 0 Å². The number of thioether (sulfide) groups is 1. The minimum atomic E-state index is -0.114. The predicted molar refractivity (Wildman–Crippen MR) is 126 cm³/mol. The lowest BCUT2D eigenvalue weighted by molar-refractivity contribution is -0.118. The minimum absolute atomic E-state index is 0.0275. The van der Waals surface area contributed by atoms with Gasteiger partial charge in [0.15, 0.2) is 0 Å². The van der Waals surface area contributed by atoms with Crippen LogP contribution in [0.5, 0.6) is 5.75 Å². The Hall–Kier alpha value is -2.47. The van der Waals surface area contributed by atoms with Crippen LogP contribution in [0.4, 0.5) is 0 Å². The van der Waals surface area contributed by atoms with E-state index < -0.39 is 0 Å². The van der Waals surface area contributed by atoms with Crippen LogP contribution in [0, 0.1) is 5.92 Å². The van der Waals surface area contributed by atoms with Crippen molar-refractivity contribution in [1.82, 2.24) is 10.6 Å². The molecule has 2 amide bonds. The van der Waals surface area contributed by atoms with E-state index in [1.807, 2.05) is 30.3 Å². The molecule has 0 aliphatic heterocycles. The molecule has 0 radical (unpaired) electrons. The second kappa shape index (κ2) is 12.4. The summed E-state index contributed by atoms with van der Waals surface area (Å²) in [4.78, 5) is 25.7. The highest BCUT2D eigenvalue weighted by Gasteiger charge is 2.15. The number of rotatable bonds is 10. The molecule has 31 heavy (non-hydrogen) atoms. The van der Waals surface area contributed by atoms with Crippen LogP contribution in [0.25, 0.3) is 0 Å². The quantitative estimate of drug-likeness (QED) is 0.374. The molecule has 0 spiro atoms. The molecule has 1 aliphatic rings. The molecule has 0 bridgehead atoms. The van der Waals surface area contributed by atoms with E-state index in [2.05, 4.69) is 10.6 Å². The number of nitrogens with one attached hydrogen (secondary N) is 2. The highest BCUT2D eigenvalue weighted by molar-refractivity contribution is 8.00. The largest absolute Gasteiger partial charge is 0.508 e. The Morgan fingerprint density at radius 3 is 2.48 bits per heavy atom. The number of benzene rings is 2. The Bertz CT molecular complexity index is 848. The second-order valence-electron chi connectivity index (χ2n) is 8.12. The lowest BCUT2D eigenvalue weighted by Crippen LogP contribution is -2.31. The van der Waals surface area contributed by atoms with Crippen molar-refractivity contribution in [3.63, 3.8) is 0 Å². The summed E-state index contributed by atoms with van der Waals surface area (Å²) in [6.07, 6.45) is 7.93. The molecular weight excluding hydrogens is 408 g/mol. The molecule has 3 rings (SSSR count). The van der Waals surface area contributed by atoms with Crippen LogP contribution < -0.4 is 10.6 Å². The number of hydrogen-bond donors (Lipinski definition) is 3. The van der Waals surface area contributed by atoms with Crippen LogP contribution in [0.15, 0.2) is 53.4 Å². The van der Waals surface area contributed by atoms with Gasteiger partial charge in [-0.3, -0.25) is 9.59 Å². The number of carbonyl (C=O) groups excluding carboxylic acids is 2. The van der Waals surface area contributed by atoms with Gasteiger partial charge in [0.2, 0.25) is 5.91 Å². The van der Waals surface area contributed by atoms with E-state index in [0.717, 1.165) is 29.8 Å². The second-order valence-corrected chi connectivity index (χ2v) is 9.14. The highest BCUT2D eigenvalue weighted by atomic mass is 32.2. The van der Waals surface area contributed by atoms with Gasteiger partial charge in [-0.05, 0) is 61.4 Å². The fraction of sp³-hybridized carbons (Fsp3) is 0.440. The summed E-state index contributed by atoms with van der Waals surface area (Å²) in [5.74, 6) is 1.10. The summed E-state index contributed by atoms with van der Waals surface area (Å²) in [6.45, 7) is 1.34. The molecule has 2 aromatic rings. The maximum atomic E-state index is 12.6. The molecule has 6 heteroatoms. The van der Waals surface area contributed by atoms with Gasteiger partial charge in [0.25, 0.3) is 5.91 Å². The molecule has 3 N–H and O–H groups in total. The van der Waals surface area contributed by atoms with Gasteiger partial charge in [0, 0.05) is 18.0 Å². The monoisotopic (exact) mass is 440 g/mol. The van der Waals surface area contributed by atoms with Gasteiger partial charge >= 0.3 is 0 Å². The summed E-state index contributed by atoms with van der Waals surface area (Å²) in [7, 11) is 0. The molecular formula is C25H32N2O3S. The van der Waals surface area contributed by atoms with Gasteiger partial charge in [-0.2, -0.15) is 0 Å². The van der Waals surface area contributed by atoms with Crippen LogP contribution in [0.1, 0.15) is 54.4 Å². The maximum Gasteiger partial charge on any atom is 0.252 e. The molecule has 1 fully saturated rings. The first-order valence-electron chi connectivity index (χ1n) is 11.2. The number of amides is 2. The Balaban J connectivity index is 1.41. The first-order chi connectivity index (χ1) is 15.1. The zero-order valence-electron chi connectivity index (χ0n) is 17.9. The average Bonchev–Trinajstić information content (AvgIpc) is 2.81. The first-order valence-corrected chi connectivity index (χ1v) is 12.1. The van der Waals surface area contributed by atoms with Crippen LogP contribution in [-0.4, -0.2) is 35.8 Å². The SMILES string of the molecule is O=C(CSc1ccccc1C(=O)NCCCc1ccc(O)cc1)NCC1CCCCC1. The molecule has 0 aromatic heterocycles. The molecule has 0 unspecified atom stereocenters. The number of aryl methyl sites for hydroxylation is 1. The summed E-state index contributed by atoms with van der Waals surface area (Å²) < 4.78 is 0. The number of phenolic OH excluding ortho intramolecular Hbond substituents is 1. The summed E-state index contributed by atoms with van der Waals surface area (Å²) in [6, 6.07) is 14.6. The van der Waals surface area contributed by atoms with Crippen molar-refractivity contribution in [2.75, 3.05) is 18.8 Å². The van der Waals surface area contributed by atoms with Crippen molar-refractivity contribution < 1.29 is 14.7 Å². The van der Waals surface area contributed by atoms with Crippen LogP contribution in [0.3, 0.4) is 0 Å². The van der Waals surface area contributed by atoms with Gasteiger partial charge in [0.05, 0.1) is 11.3 Å². The molecule has 0 atom stereocenters. The van der Waals surface area contributed by atoms with Crippen LogP contribution >= 0.6 is 11.8 Å². The Labute approximate surface area is 189 Å². The van der Waals surface area contributed by atoms with Crippen molar-refractivity contribution in [3.8, 4) is 5.75 Å². The number of aromatic hydroxyl groups is 1. The van der Waals surface area contributed by atoms with Crippen molar-refractivity contribution in [2.45, 2.75) is 49.8 Å². The summed E-state index contributed by atoms with van der Waals surface area (Å²) in [5.41, 5.74) is 1.74. The van der Waals surface area contributed by atoms with E-state index in [-0.39, 0.29) is 17.6 Å². The summed E-state index contributed by atoms with van der Waals surface area (Å²) in [5, 5.41) is 15.4. The molecule has 1 aliphatic carbocycles. The number of hydrogen-bond acceptors (Lipinski definition) is 4. The fourth-order valence-electron chi connectivity index (χ4n) is 3.88. The fourth-order valence-corrected chi connectivity index (χ4v) is 4.76. The number of carbonyl (C=O) groups is 2. The highest BCUT2D eigenvalue weighted by Crippen LogP contribution is 2.24. The molecule has 5 nitrogen and oxygen atoms in total. The van der Waals surface area contributed by atoms with Gasteiger partial charge in [0.1, 0.15) is 5.75 Å². The van der Waals surface area contributed by atoms with Crippen molar-refractivity contribution in [3.05, 3.63) is 59.7 Å². The standard InChI is InChI=1S/C25H32N2O3S/c28-21-14-12-19(13-15-21)9-6-16-26-25(30)22-10-4-5-11-23(22)31-18-24(29)27-17-20-7-2-1-3-8-20/h4-5,10-15,20,28H,1-3,6-9,16-18H2,(H,26,30)(H,27,29). The lowest BCUT2D eigenvalue weighted by Gasteiger charge is -2.21. The van der Waals surface area contributed by atoms with E-state index in [1.54, 1.807) is 18.2 Å². The van der Waals surface area contributed by atoms with Gasteiger partial charge < -0.3 is 15.7 Å². The predicted octanol–water partition coefficient (Wildman–Crippen LogP) is 4.54. The molecule has 0 saturated heterocycles. The Morgan fingerprint density at radius 1 is 0.968 bits per heavy atom. The van der Waals surface area contributed by atoms with E-state index in [4.69, 9.17) is 0 Å². The van der Waals surface area contributed by atoms with E-state index in [1.165, 1.54) is 43.9 Å². The average molecular weight is 441 g/mol. The number of phenols is 1. The van der Waals surface area contributed by atoms with Crippen LogP contribution in [-0.2, 0) is 11.2 Å². The first kappa shape index (κ1) is 23.2. The Morgan fingerprint density at radius 2 is 1.71 bits per heavy atom. The Kier molecular flexibility index (Phi) is 9.28. The lowest BCUT2D eigenvalue weighted by atomic mass is 9.89. The van der Waals surface area contributed by atoms with Crippen molar-refractivity contribution >= 4 is 23.6 Å². The van der Waals surface area contributed by atoms with Gasteiger partial charge in [-0.1, -0.05) is 43.5 Å².